The van der Waals surface area contributed by atoms with Crippen LogP contribution in [0.2, 0.25) is 0 Å². The standard InChI is InChI=1S/C14H19N3O/c1-4-9-17-13(10-15-16-17)14(3,18)12-7-5-11(2)6-8-12/h5-8,10,18H,4,9H2,1-3H3. The summed E-state index contributed by atoms with van der Waals surface area (Å²) < 4.78 is 1.76. The molecular formula is C14H19N3O. The Morgan fingerprint density at radius 1 is 1.28 bits per heavy atom. The first kappa shape index (κ1) is 12.8. The van der Waals surface area contributed by atoms with Gasteiger partial charge in [-0.15, -0.1) is 5.10 Å². The van der Waals surface area contributed by atoms with E-state index in [0.29, 0.717) is 0 Å². The number of hydrogen-bond donors (Lipinski definition) is 1. The van der Waals surface area contributed by atoms with Gasteiger partial charge in [0, 0.05) is 6.54 Å². The van der Waals surface area contributed by atoms with Gasteiger partial charge in [0.2, 0.25) is 0 Å². The third kappa shape index (κ3) is 2.29. The van der Waals surface area contributed by atoms with Gasteiger partial charge in [-0.2, -0.15) is 0 Å². The van der Waals surface area contributed by atoms with Gasteiger partial charge in [0.25, 0.3) is 0 Å². The molecule has 0 aliphatic rings. The van der Waals surface area contributed by atoms with Crippen molar-refractivity contribution in [1.29, 1.82) is 0 Å². The van der Waals surface area contributed by atoms with Crippen molar-refractivity contribution in [3.63, 3.8) is 0 Å². The van der Waals surface area contributed by atoms with Crippen molar-refractivity contribution >= 4 is 0 Å². The van der Waals surface area contributed by atoms with Gasteiger partial charge in [0.05, 0.1) is 11.9 Å². The fraction of sp³-hybridized carbons (Fsp3) is 0.429. The molecule has 1 N–H and O–H groups in total. The predicted molar refractivity (Wildman–Crippen MR) is 70.2 cm³/mol. The molecule has 0 saturated carbocycles. The predicted octanol–water partition coefficient (Wildman–Crippen LogP) is 2.25. The molecule has 2 aromatic rings. The lowest BCUT2D eigenvalue weighted by molar-refractivity contribution is 0.0914. The average Bonchev–Trinajstić information content (AvgIpc) is 2.79. The smallest absolute Gasteiger partial charge is 0.130 e. The summed E-state index contributed by atoms with van der Waals surface area (Å²) in [6, 6.07) is 7.88. The molecule has 18 heavy (non-hydrogen) atoms. The summed E-state index contributed by atoms with van der Waals surface area (Å²) in [6.45, 7) is 6.65. The minimum Gasteiger partial charge on any atom is -0.379 e. The SMILES string of the molecule is CCCn1nncc1C(C)(O)c1ccc(C)cc1. The van der Waals surface area contributed by atoms with Crippen LogP contribution in [-0.4, -0.2) is 20.1 Å². The molecule has 4 heteroatoms. The summed E-state index contributed by atoms with van der Waals surface area (Å²) >= 11 is 0. The molecule has 2 rings (SSSR count). The van der Waals surface area contributed by atoms with Crippen molar-refractivity contribution in [3.8, 4) is 0 Å². The molecule has 0 spiro atoms. The van der Waals surface area contributed by atoms with Crippen molar-refractivity contribution in [2.75, 3.05) is 0 Å². The highest BCUT2D eigenvalue weighted by molar-refractivity contribution is 5.32. The van der Waals surface area contributed by atoms with Crippen LogP contribution in [0.25, 0.3) is 0 Å². The van der Waals surface area contributed by atoms with E-state index in [-0.39, 0.29) is 0 Å². The second kappa shape index (κ2) is 4.90. The van der Waals surface area contributed by atoms with Crippen molar-refractivity contribution in [3.05, 3.63) is 47.3 Å². The van der Waals surface area contributed by atoms with Gasteiger partial charge in [-0.25, -0.2) is 4.68 Å². The fourth-order valence-electron chi connectivity index (χ4n) is 2.04. The number of hydrogen-bond acceptors (Lipinski definition) is 3. The van der Waals surface area contributed by atoms with Crippen molar-refractivity contribution < 1.29 is 5.11 Å². The normalized spacial score (nSPS) is 14.4. The highest BCUT2D eigenvalue weighted by Gasteiger charge is 2.29. The molecule has 1 unspecified atom stereocenters. The monoisotopic (exact) mass is 245 g/mol. The Morgan fingerprint density at radius 2 is 1.94 bits per heavy atom. The van der Waals surface area contributed by atoms with Gasteiger partial charge in [0.15, 0.2) is 0 Å². The van der Waals surface area contributed by atoms with E-state index in [9.17, 15) is 5.11 Å². The van der Waals surface area contributed by atoms with Crippen LogP contribution in [0.3, 0.4) is 0 Å². The van der Waals surface area contributed by atoms with Crippen LogP contribution in [0.15, 0.2) is 30.5 Å². The molecule has 1 atom stereocenters. The molecule has 0 amide bonds. The maximum atomic E-state index is 10.7. The lowest BCUT2D eigenvalue weighted by Gasteiger charge is -2.24. The number of rotatable bonds is 4. The van der Waals surface area contributed by atoms with Gasteiger partial charge in [-0.1, -0.05) is 42.0 Å². The second-order valence-corrected chi connectivity index (χ2v) is 4.78. The Kier molecular flexibility index (Phi) is 3.48. The van der Waals surface area contributed by atoms with E-state index in [4.69, 9.17) is 0 Å². The molecule has 0 aliphatic heterocycles. The first-order valence-corrected chi connectivity index (χ1v) is 6.24. The summed E-state index contributed by atoms with van der Waals surface area (Å²) in [5.41, 5.74) is 1.70. The second-order valence-electron chi connectivity index (χ2n) is 4.78. The van der Waals surface area contributed by atoms with Crippen LogP contribution < -0.4 is 0 Å². The van der Waals surface area contributed by atoms with Gasteiger partial charge in [-0.3, -0.25) is 0 Å². The molecule has 0 radical (unpaired) electrons. The highest BCUT2D eigenvalue weighted by atomic mass is 16.3. The maximum Gasteiger partial charge on any atom is 0.130 e. The molecule has 0 aliphatic carbocycles. The Balaban J connectivity index is 2.40. The first-order valence-electron chi connectivity index (χ1n) is 6.24. The minimum absolute atomic E-state index is 0.730. The third-order valence-electron chi connectivity index (χ3n) is 3.17. The summed E-state index contributed by atoms with van der Waals surface area (Å²) in [6.07, 6.45) is 2.59. The Hall–Kier alpha value is -1.68. The molecular weight excluding hydrogens is 226 g/mol. The van der Waals surface area contributed by atoms with E-state index in [2.05, 4.69) is 17.2 Å². The number of nitrogens with zero attached hydrogens (tertiary/aromatic N) is 3. The van der Waals surface area contributed by atoms with Crippen molar-refractivity contribution in [2.24, 2.45) is 0 Å². The Bertz CT molecular complexity index is 514. The summed E-state index contributed by atoms with van der Waals surface area (Å²) in [4.78, 5) is 0. The average molecular weight is 245 g/mol. The van der Waals surface area contributed by atoms with Crippen LogP contribution >= 0.6 is 0 Å². The van der Waals surface area contributed by atoms with Gasteiger partial charge >= 0.3 is 0 Å². The zero-order chi connectivity index (χ0) is 13.2. The van der Waals surface area contributed by atoms with Crippen LogP contribution in [0.4, 0.5) is 0 Å². The number of benzene rings is 1. The zero-order valence-corrected chi connectivity index (χ0v) is 11.1. The van der Waals surface area contributed by atoms with E-state index in [1.54, 1.807) is 17.8 Å². The van der Waals surface area contributed by atoms with E-state index >= 15 is 0 Å². The van der Waals surface area contributed by atoms with E-state index in [1.165, 1.54) is 5.56 Å². The fourth-order valence-corrected chi connectivity index (χ4v) is 2.04. The molecule has 4 nitrogen and oxygen atoms in total. The molecule has 0 saturated heterocycles. The van der Waals surface area contributed by atoms with Crippen molar-refractivity contribution in [1.82, 2.24) is 15.0 Å². The molecule has 0 fully saturated rings. The number of aromatic nitrogens is 3. The quantitative estimate of drug-likeness (QED) is 0.898. The van der Waals surface area contributed by atoms with Gasteiger partial charge in [-0.05, 0) is 25.8 Å². The summed E-state index contributed by atoms with van der Waals surface area (Å²) in [5, 5.41) is 18.7. The van der Waals surface area contributed by atoms with E-state index in [1.807, 2.05) is 31.2 Å². The van der Waals surface area contributed by atoms with E-state index < -0.39 is 5.60 Å². The third-order valence-corrected chi connectivity index (χ3v) is 3.17. The first-order chi connectivity index (χ1) is 8.55. The Labute approximate surface area is 107 Å². The maximum absolute atomic E-state index is 10.7. The molecule has 1 aromatic heterocycles. The van der Waals surface area contributed by atoms with Crippen molar-refractivity contribution in [2.45, 2.75) is 39.3 Å². The van der Waals surface area contributed by atoms with Crippen LogP contribution in [0.1, 0.15) is 37.1 Å². The topological polar surface area (TPSA) is 50.9 Å². The lowest BCUT2D eigenvalue weighted by Crippen LogP contribution is -2.27. The molecule has 1 heterocycles. The zero-order valence-electron chi connectivity index (χ0n) is 11.1. The Morgan fingerprint density at radius 3 is 2.56 bits per heavy atom. The van der Waals surface area contributed by atoms with Crippen LogP contribution in [0.5, 0.6) is 0 Å². The van der Waals surface area contributed by atoms with Crippen LogP contribution in [-0.2, 0) is 12.1 Å². The molecule has 0 bridgehead atoms. The minimum atomic E-state index is -1.06. The highest BCUT2D eigenvalue weighted by Crippen LogP contribution is 2.28. The largest absolute Gasteiger partial charge is 0.379 e. The lowest BCUT2D eigenvalue weighted by atomic mass is 9.92. The molecule has 1 aromatic carbocycles. The van der Waals surface area contributed by atoms with Gasteiger partial charge < -0.3 is 5.11 Å². The molecule has 96 valence electrons. The van der Waals surface area contributed by atoms with Crippen LogP contribution in [0, 0.1) is 6.92 Å². The number of aliphatic hydroxyl groups is 1. The van der Waals surface area contributed by atoms with Gasteiger partial charge in [0.1, 0.15) is 5.60 Å². The summed E-state index contributed by atoms with van der Waals surface area (Å²) in [5.74, 6) is 0. The summed E-state index contributed by atoms with van der Waals surface area (Å²) in [7, 11) is 0. The van der Waals surface area contributed by atoms with E-state index in [0.717, 1.165) is 24.2 Å². The number of aryl methyl sites for hydroxylation is 2.